The molecule has 20 heavy (non-hydrogen) atoms. The zero-order valence-corrected chi connectivity index (χ0v) is 12.9. The number of aromatic nitrogens is 1. The number of nitrogens with zero attached hydrogens (tertiary/aromatic N) is 1. The zero-order chi connectivity index (χ0) is 14.5. The summed E-state index contributed by atoms with van der Waals surface area (Å²) in [7, 11) is 1.64. The van der Waals surface area contributed by atoms with E-state index in [1.165, 1.54) is 0 Å². The van der Waals surface area contributed by atoms with Gasteiger partial charge in [-0.1, -0.05) is 13.0 Å². The van der Waals surface area contributed by atoms with Crippen LogP contribution in [0.15, 0.2) is 23.6 Å². The van der Waals surface area contributed by atoms with Crippen LogP contribution in [-0.2, 0) is 13.0 Å². The molecule has 0 unspecified atom stereocenters. The van der Waals surface area contributed by atoms with Crippen molar-refractivity contribution < 1.29 is 9.47 Å². The van der Waals surface area contributed by atoms with Gasteiger partial charge < -0.3 is 15.2 Å². The van der Waals surface area contributed by atoms with Crippen molar-refractivity contribution in [3.05, 3.63) is 39.8 Å². The summed E-state index contributed by atoms with van der Waals surface area (Å²) in [5.74, 6) is 1.52. The minimum atomic E-state index is -0.0856. The van der Waals surface area contributed by atoms with Crippen LogP contribution in [0, 0.1) is 0 Å². The highest BCUT2D eigenvalue weighted by Crippen LogP contribution is 2.29. The lowest BCUT2D eigenvalue weighted by molar-refractivity contribution is 0.295. The number of thiazole rings is 1. The van der Waals surface area contributed by atoms with Gasteiger partial charge in [-0.25, -0.2) is 4.98 Å². The Labute approximate surface area is 123 Å². The molecule has 4 nitrogen and oxygen atoms in total. The van der Waals surface area contributed by atoms with Gasteiger partial charge in [-0.2, -0.15) is 0 Å². The molecule has 1 heterocycles. The maximum atomic E-state index is 5.97. The molecule has 0 fully saturated rings. The SMILES string of the molecule is CCc1nc(COc2cc(OC)ccc2[C@@H](C)N)cs1. The van der Waals surface area contributed by atoms with Crippen molar-refractivity contribution in [2.24, 2.45) is 5.73 Å². The molecule has 2 N–H and O–H groups in total. The summed E-state index contributed by atoms with van der Waals surface area (Å²) in [5.41, 5.74) is 7.88. The third kappa shape index (κ3) is 3.49. The summed E-state index contributed by atoms with van der Waals surface area (Å²) in [4.78, 5) is 4.49. The minimum absolute atomic E-state index is 0.0856. The van der Waals surface area contributed by atoms with Crippen molar-refractivity contribution in [3.63, 3.8) is 0 Å². The van der Waals surface area contributed by atoms with Gasteiger partial charge in [0.05, 0.1) is 17.8 Å². The number of methoxy groups -OCH3 is 1. The van der Waals surface area contributed by atoms with Gasteiger partial charge in [0.1, 0.15) is 18.1 Å². The molecule has 1 aromatic carbocycles. The van der Waals surface area contributed by atoms with Crippen LogP contribution in [0.3, 0.4) is 0 Å². The molecule has 0 saturated carbocycles. The van der Waals surface area contributed by atoms with Crippen molar-refractivity contribution in [2.45, 2.75) is 32.9 Å². The van der Waals surface area contributed by atoms with Crippen LogP contribution in [0.5, 0.6) is 11.5 Å². The number of hydrogen-bond acceptors (Lipinski definition) is 5. The second-order valence-corrected chi connectivity index (χ2v) is 5.51. The smallest absolute Gasteiger partial charge is 0.131 e. The predicted molar refractivity (Wildman–Crippen MR) is 81.4 cm³/mol. The first-order valence-corrected chi connectivity index (χ1v) is 7.51. The van der Waals surface area contributed by atoms with Crippen molar-refractivity contribution in [1.29, 1.82) is 0 Å². The molecule has 0 saturated heterocycles. The summed E-state index contributed by atoms with van der Waals surface area (Å²) in [6, 6.07) is 5.62. The normalized spacial score (nSPS) is 12.2. The summed E-state index contributed by atoms with van der Waals surface area (Å²) in [6.45, 7) is 4.48. The molecule has 1 aromatic heterocycles. The zero-order valence-electron chi connectivity index (χ0n) is 12.1. The van der Waals surface area contributed by atoms with Gasteiger partial charge in [0.2, 0.25) is 0 Å². The molecule has 108 valence electrons. The highest BCUT2D eigenvalue weighted by molar-refractivity contribution is 7.09. The Morgan fingerprint density at radius 2 is 2.20 bits per heavy atom. The van der Waals surface area contributed by atoms with Gasteiger partial charge in [-0.05, 0) is 19.4 Å². The summed E-state index contributed by atoms with van der Waals surface area (Å²) in [5, 5.41) is 3.16. The molecule has 1 atom stereocenters. The fourth-order valence-electron chi connectivity index (χ4n) is 1.87. The first kappa shape index (κ1) is 14.8. The van der Waals surface area contributed by atoms with Crippen LogP contribution in [0.25, 0.3) is 0 Å². The van der Waals surface area contributed by atoms with Crippen LogP contribution in [0.4, 0.5) is 0 Å². The Morgan fingerprint density at radius 1 is 1.40 bits per heavy atom. The molecule has 5 heteroatoms. The fourth-order valence-corrected chi connectivity index (χ4v) is 2.60. The lowest BCUT2D eigenvalue weighted by Crippen LogP contribution is -2.08. The average Bonchev–Trinajstić information content (AvgIpc) is 2.92. The Bertz CT molecular complexity index is 567. The standard InChI is InChI=1S/C15H20N2O2S/c1-4-15-17-11(9-20-15)8-19-14-7-12(18-3)5-6-13(14)10(2)16/h5-7,9-10H,4,8,16H2,1-3H3/t10-/m1/s1. The van der Waals surface area contributed by atoms with E-state index in [9.17, 15) is 0 Å². The third-order valence-corrected chi connectivity index (χ3v) is 4.03. The highest BCUT2D eigenvalue weighted by atomic mass is 32.1. The van der Waals surface area contributed by atoms with Crippen LogP contribution in [0.2, 0.25) is 0 Å². The fraction of sp³-hybridized carbons (Fsp3) is 0.400. The van der Waals surface area contributed by atoms with Gasteiger partial charge in [0.25, 0.3) is 0 Å². The number of nitrogens with two attached hydrogens (primary N) is 1. The van der Waals surface area contributed by atoms with Crippen LogP contribution in [-0.4, -0.2) is 12.1 Å². The summed E-state index contributed by atoms with van der Waals surface area (Å²) in [6.07, 6.45) is 0.953. The van der Waals surface area contributed by atoms with E-state index in [1.807, 2.05) is 30.5 Å². The molecule has 0 aliphatic heterocycles. The van der Waals surface area contributed by atoms with Crippen molar-refractivity contribution in [2.75, 3.05) is 7.11 Å². The predicted octanol–water partition coefficient (Wildman–Crippen LogP) is 3.31. The Morgan fingerprint density at radius 3 is 2.80 bits per heavy atom. The van der Waals surface area contributed by atoms with E-state index < -0.39 is 0 Å². The molecular formula is C15H20N2O2S. The quantitative estimate of drug-likeness (QED) is 0.887. The molecule has 2 rings (SSSR count). The minimum Gasteiger partial charge on any atom is -0.497 e. The largest absolute Gasteiger partial charge is 0.497 e. The maximum Gasteiger partial charge on any atom is 0.131 e. The average molecular weight is 292 g/mol. The van der Waals surface area contributed by atoms with E-state index >= 15 is 0 Å². The lowest BCUT2D eigenvalue weighted by atomic mass is 10.1. The Balaban J connectivity index is 2.14. The second-order valence-electron chi connectivity index (χ2n) is 4.57. The number of benzene rings is 1. The van der Waals surface area contributed by atoms with Gasteiger partial charge in [-0.3, -0.25) is 0 Å². The molecule has 0 bridgehead atoms. The molecule has 0 radical (unpaired) electrons. The molecule has 0 aliphatic rings. The van der Waals surface area contributed by atoms with Gasteiger partial charge in [0.15, 0.2) is 0 Å². The number of hydrogen-bond donors (Lipinski definition) is 1. The van der Waals surface area contributed by atoms with Crippen LogP contribution in [0.1, 0.15) is 36.2 Å². The monoisotopic (exact) mass is 292 g/mol. The lowest BCUT2D eigenvalue weighted by Gasteiger charge is -2.14. The van der Waals surface area contributed by atoms with E-state index in [0.29, 0.717) is 6.61 Å². The second kappa shape index (κ2) is 6.72. The first-order valence-electron chi connectivity index (χ1n) is 6.63. The van der Waals surface area contributed by atoms with Crippen LogP contribution >= 0.6 is 11.3 Å². The number of rotatable bonds is 6. The summed E-state index contributed by atoms with van der Waals surface area (Å²) < 4.78 is 11.1. The van der Waals surface area contributed by atoms with E-state index in [0.717, 1.165) is 34.2 Å². The van der Waals surface area contributed by atoms with Gasteiger partial charge in [-0.15, -0.1) is 11.3 Å². The molecule has 2 aromatic rings. The highest BCUT2D eigenvalue weighted by Gasteiger charge is 2.11. The van der Waals surface area contributed by atoms with E-state index in [1.54, 1.807) is 18.4 Å². The van der Waals surface area contributed by atoms with E-state index in [2.05, 4.69) is 11.9 Å². The third-order valence-electron chi connectivity index (χ3n) is 2.99. The van der Waals surface area contributed by atoms with Crippen molar-refractivity contribution >= 4 is 11.3 Å². The Hall–Kier alpha value is -1.59. The maximum absolute atomic E-state index is 5.97. The van der Waals surface area contributed by atoms with Crippen LogP contribution < -0.4 is 15.2 Å². The van der Waals surface area contributed by atoms with E-state index in [-0.39, 0.29) is 6.04 Å². The Kier molecular flexibility index (Phi) is 4.98. The topological polar surface area (TPSA) is 57.4 Å². The molecule has 0 aliphatic carbocycles. The van der Waals surface area contributed by atoms with Crippen molar-refractivity contribution in [3.8, 4) is 11.5 Å². The number of ether oxygens (including phenoxy) is 2. The molecule has 0 amide bonds. The van der Waals surface area contributed by atoms with Gasteiger partial charge in [0, 0.05) is 23.1 Å². The molecular weight excluding hydrogens is 272 g/mol. The summed E-state index contributed by atoms with van der Waals surface area (Å²) >= 11 is 1.66. The number of aryl methyl sites for hydroxylation is 1. The van der Waals surface area contributed by atoms with Crippen molar-refractivity contribution in [1.82, 2.24) is 4.98 Å². The van der Waals surface area contributed by atoms with Gasteiger partial charge >= 0.3 is 0 Å². The van der Waals surface area contributed by atoms with E-state index in [4.69, 9.17) is 15.2 Å². The molecule has 0 spiro atoms. The first-order chi connectivity index (χ1) is 9.63.